The Kier molecular flexibility index (Phi) is 3.32. The monoisotopic (exact) mass is 350 g/mol. The van der Waals surface area contributed by atoms with Crippen molar-refractivity contribution in [3.05, 3.63) is 47.2 Å². The van der Waals surface area contributed by atoms with Crippen LogP contribution in [0.2, 0.25) is 0 Å². The zero-order chi connectivity index (χ0) is 18.1. The molecule has 0 spiro atoms. The number of hydrogen-bond donors (Lipinski definition) is 0. The SMILES string of the molecule is Cn1cc(CN2C3CCC2c2cnc4cc(C(C)(C)C)nn4c2C3)cn1. The molecule has 2 aliphatic heterocycles. The van der Waals surface area contributed by atoms with Crippen molar-refractivity contribution in [3.63, 3.8) is 0 Å². The molecule has 2 atom stereocenters. The molecular formula is C20H26N6. The zero-order valence-corrected chi connectivity index (χ0v) is 16.0. The standard InChI is InChI=1S/C20H26N6/c1-20(2,3)18-8-19-21-10-15-16-6-5-14(7-17(15)26(19)23-18)25(16)12-13-9-22-24(4)11-13/h8-11,14,16H,5-7,12H2,1-4H3. The van der Waals surface area contributed by atoms with E-state index >= 15 is 0 Å². The lowest BCUT2D eigenvalue weighted by molar-refractivity contribution is 0.165. The molecule has 5 rings (SSSR count). The Morgan fingerprint density at radius 1 is 1.19 bits per heavy atom. The Morgan fingerprint density at radius 3 is 2.77 bits per heavy atom. The highest BCUT2D eigenvalue weighted by atomic mass is 15.3. The molecule has 0 N–H and O–H groups in total. The van der Waals surface area contributed by atoms with Crippen molar-refractivity contribution in [2.24, 2.45) is 7.05 Å². The number of aryl methyl sites for hydroxylation is 1. The summed E-state index contributed by atoms with van der Waals surface area (Å²) in [6, 6.07) is 3.17. The summed E-state index contributed by atoms with van der Waals surface area (Å²) in [7, 11) is 1.98. The fourth-order valence-corrected chi connectivity index (χ4v) is 4.56. The molecular weight excluding hydrogens is 324 g/mol. The minimum Gasteiger partial charge on any atom is -0.289 e. The summed E-state index contributed by atoms with van der Waals surface area (Å²) in [6.45, 7) is 7.59. The van der Waals surface area contributed by atoms with E-state index in [1.165, 1.54) is 29.7 Å². The number of rotatable bonds is 2. The Balaban J connectivity index is 1.54. The van der Waals surface area contributed by atoms with Gasteiger partial charge in [0.25, 0.3) is 0 Å². The fraction of sp³-hybridized carbons (Fsp3) is 0.550. The van der Waals surface area contributed by atoms with Crippen LogP contribution in [0.1, 0.15) is 62.2 Å². The molecule has 2 aliphatic rings. The highest BCUT2D eigenvalue weighted by Gasteiger charge is 2.41. The van der Waals surface area contributed by atoms with E-state index in [-0.39, 0.29) is 5.41 Å². The first-order chi connectivity index (χ1) is 12.4. The van der Waals surface area contributed by atoms with Crippen LogP contribution in [0.15, 0.2) is 24.7 Å². The van der Waals surface area contributed by atoms with Crippen molar-refractivity contribution in [2.45, 2.75) is 64.1 Å². The Bertz CT molecular complexity index is 976. The first kappa shape index (κ1) is 16.0. The summed E-state index contributed by atoms with van der Waals surface area (Å²) in [5.41, 5.74) is 6.15. The van der Waals surface area contributed by atoms with E-state index in [9.17, 15) is 0 Å². The highest BCUT2D eigenvalue weighted by molar-refractivity contribution is 5.45. The molecule has 2 unspecified atom stereocenters. The molecule has 0 amide bonds. The number of nitrogens with zero attached hydrogens (tertiary/aromatic N) is 6. The molecule has 6 nitrogen and oxygen atoms in total. The lowest BCUT2D eigenvalue weighted by Crippen LogP contribution is -2.38. The normalized spacial score (nSPS) is 22.9. The third kappa shape index (κ3) is 2.39. The van der Waals surface area contributed by atoms with Gasteiger partial charge in [-0.2, -0.15) is 10.2 Å². The quantitative estimate of drug-likeness (QED) is 0.713. The molecule has 6 heteroatoms. The lowest BCUT2D eigenvalue weighted by Gasteiger charge is -2.35. The summed E-state index contributed by atoms with van der Waals surface area (Å²) < 4.78 is 4.00. The summed E-state index contributed by atoms with van der Waals surface area (Å²) in [5.74, 6) is 0. The predicted molar refractivity (Wildman–Crippen MR) is 99.9 cm³/mol. The molecule has 0 aliphatic carbocycles. The predicted octanol–water partition coefficient (Wildman–Crippen LogP) is 3.02. The number of aromatic nitrogens is 5. The van der Waals surface area contributed by atoms with Crippen LogP contribution in [0.25, 0.3) is 5.65 Å². The van der Waals surface area contributed by atoms with Crippen molar-refractivity contribution in [1.29, 1.82) is 0 Å². The second-order valence-electron chi connectivity index (χ2n) is 8.86. The van der Waals surface area contributed by atoms with E-state index < -0.39 is 0 Å². The first-order valence-corrected chi connectivity index (χ1v) is 9.51. The van der Waals surface area contributed by atoms with Crippen molar-refractivity contribution in [3.8, 4) is 0 Å². The molecule has 1 fully saturated rings. The van der Waals surface area contributed by atoms with Crippen LogP contribution in [0.4, 0.5) is 0 Å². The minimum absolute atomic E-state index is 0.0422. The van der Waals surface area contributed by atoms with E-state index in [1.807, 2.05) is 17.9 Å². The van der Waals surface area contributed by atoms with E-state index in [4.69, 9.17) is 10.1 Å². The lowest BCUT2D eigenvalue weighted by atomic mass is 9.93. The smallest absolute Gasteiger partial charge is 0.155 e. The molecule has 136 valence electrons. The van der Waals surface area contributed by atoms with Gasteiger partial charge in [0.1, 0.15) is 0 Å². The summed E-state index contributed by atoms with van der Waals surface area (Å²) in [4.78, 5) is 7.39. The van der Waals surface area contributed by atoms with Gasteiger partial charge >= 0.3 is 0 Å². The van der Waals surface area contributed by atoms with Gasteiger partial charge < -0.3 is 0 Å². The van der Waals surface area contributed by atoms with Crippen LogP contribution in [-0.4, -0.2) is 35.3 Å². The number of hydrogen-bond acceptors (Lipinski definition) is 4. The molecule has 26 heavy (non-hydrogen) atoms. The van der Waals surface area contributed by atoms with Gasteiger partial charge in [0, 0.05) is 67.1 Å². The molecule has 3 aromatic rings. The summed E-state index contributed by atoms with van der Waals surface area (Å²) >= 11 is 0. The maximum atomic E-state index is 4.93. The molecule has 1 saturated heterocycles. The van der Waals surface area contributed by atoms with Gasteiger partial charge in [-0.3, -0.25) is 9.58 Å². The largest absolute Gasteiger partial charge is 0.289 e. The van der Waals surface area contributed by atoms with Crippen LogP contribution < -0.4 is 0 Å². The van der Waals surface area contributed by atoms with Gasteiger partial charge in [-0.1, -0.05) is 20.8 Å². The molecule has 0 radical (unpaired) electrons. The summed E-state index contributed by atoms with van der Waals surface area (Å²) in [6.07, 6.45) is 9.71. The van der Waals surface area contributed by atoms with Crippen LogP contribution in [-0.2, 0) is 25.4 Å². The maximum absolute atomic E-state index is 4.93. The molecule has 5 heterocycles. The van der Waals surface area contributed by atoms with Gasteiger partial charge in [0.15, 0.2) is 5.65 Å². The third-order valence-corrected chi connectivity index (χ3v) is 5.94. The summed E-state index contributed by atoms with van der Waals surface area (Å²) in [5, 5.41) is 9.26. The Labute approximate surface area is 153 Å². The van der Waals surface area contributed by atoms with Crippen LogP contribution in [0.5, 0.6) is 0 Å². The van der Waals surface area contributed by atoms with E-state index in [2.05, 4.69) is 53.7 Å². The Hall–Kier alpha value is -2.21. The molecule has 0 saturated carbocycles. The second-order valence-corrected chi connectivity index (χ2v) is 8.86. The van der Waals surface area contributed by atoms with Crippen LogP contribution in [0.3, 0.4) is 0 Å². The first-order valence-electron chi connectivity index (χ1n) is 9.51. The molecule has 2 bridgehead atoms. The van der Waals surface area contributed by atoms with Gasteiger partial charge in [-0.25, -0.2) is 9.50 Å². The van der Waals surface area contributed by atoms with E-state index in [1.54, 1.807) is 0 Å². The van der Waals surface area contributed by atoms with Crippen LogP contribution >= 0.6 is 0 Å². The zero-order valence-electron chi connectivity index (χ0n) is 16.0. The van der Waals surface area contributed by atoms with Gasteiger partial charge in [-0.15, -0.1) is 0 Å². The van der Waals surface area contributed by atoms with Crippen molar-refractivity contribution >= 4 is 5.65 Å². The van der Waals surface area contributed by atoms with Crippen molar-refractivity contribution in [2.75, 3.05) is 0 Å². The van der Waals surface area contributed by atoms with Crippen molar-refractivity contribution < 1.29 is 0 Å². The highest BCUT2D eigenvalue weighted by Crippen LogP contribution is 2.44. The second kappa shape index (κ2) is 5.39. The molecule has 0 aromatic carbocycles. The van der Waals surface area contributed by atoms with Gasteiger partial charge in [0.2, 0.25) is 0 Å². The van der Waals surface area contributed by atoms with Crippen LogP contribution in [0, 0.1) is 0 Å². The average molecular weight is 350 g/mol. The maximum Gasteiger partial charge on any atom is 0.155 e. The van der Waals surface area contributed by atoms with Gasteiger partial charge in [0.05, 0.1) is 17.6 Å². The average Bonchev–Trinajstić information content (AvgIpc) is 3.25. The minimum atomic E-state index is 0.0422. The molecule has 3 aromatic heterocycles. The third-order valence-electron chi connectivity index (χ3n) is 5.94. The van der Waals surface area contributed by atoms with E-state index in [0.717, 1.165) is 24.3 Å². The number of fused-ring (bicyclic) bond motifs is 6. The Morgan fingerprint density at radius 2 is 2.04 bits per heavy atom. The van der Waals surface area contributed by atoms with E-state index in [0.29, 0.717) is 12.1 Å². The topological polar surface area (TPSA) is 51.2 Å². The van der Waals surface area contributed by atoms with Crippen molar-refractivity contribution in [1.82, 2.24) is 29.3 Å². The van der Waals surface area contributed by atoms with Gasteiger partial charge in [-0.05, 0) is 12.8 Å². The fourth-order valence-electron chi connectivity index (χ4n) is 4.56.